The fraction of sp³-hybridized carbons (Fsp3) is 0.118. The number of nitrogens with zero attached hydrogens (tertiary/aromatic N) is 1. The number of ether oxygens (including phenoxy) is 1. The Morgan fingerprint density at radius 2 is 1.90 bits per heavy atom. The largest absolute Gasteiger partial charge is 0.494 e. The lowest BCUT2D eigenvalue weighted by Crippen LogP contribution is -1.91. The fourth-order valence-electron chi connectivity index (χ4n) is 1.84. The SMILES string of the molecule is CCOc1ccc(/C=C(/C#N)c2ccccc2F)cc1. The topological polar surface area (TPSA) is 33.0 Å². The first-order chi connectivity index (χ1) is 9.74. The van der Waals surface area contributed by atoms with Crippen molar-refractivity contribution in [1.29, 1.82) is 5.26 Å². The van der Waals surface area contributed by atoms with Crippen LogP contribution in [0, 0.1) is 17.1 Å². The molecule has 0 amide bonds. The van der Waals surface area contributed by atoms with Crippen LogP contribution in [0.1, 0.15) is 18.1 Å². The maximum Gasteiger partial charge on any atom is 0.131 e. The van der Waals surface area contributed by atoms with E-state index < -0.39 is 5.82 Å². The van der Waals surface area contributed by atoms with Gasteiger partial charge in [-0.05, 0) is 36.8 Å². The highest BCUT2D eigenvalue weighted by molar-refractivity contribution is 5.89. The van der Waals surface area contributed by atoms with E-state index in [-0.39, 0.29) is 0 Å². The van der Waals surface area contributed by atoms with Gasteiger partial charge in [0.2, 0.25) is 0 Å². The van der Waals surface area contributed by atoms with E-state index in [1.165, 1.54) is 6.07 Å². The van der Waals surface area contributed by atoms with Crippen LogP contribution in [-0.2, 0) is 0 Å². The molecule has 100 valence electrons. The van der Waals surface area contributed by atoms with Gasteiger partial charge < -0.3 is 4.74 Å². The fourth-order valence-corrected chi connectivity index (χ4v) is 1.84. The molecule has 20 heavy (non-hydrogen) atoms. The van der Waals surface area contributed by atoms with Gasteiger partial charge in [0.25, 0.3) is 0 Å². The van der Waals surface area contributed by atoms with Crippen molar-refractivity contribution in [2.24, 2.45) is 0 Å². The van der Waals surface area contributed by atoms with Crippen LogP contribution in [-0.4, -0.2) is 6.61 Å². The normalized spacial score (nSPS) is 10.9. The van der Waals surface area contributed by atoms with Crippen LogP contribution in [0.3, 0.4) is 0 Å². The van der Waals surface area contributed by atoms with Gasteiger partial charge >= 0.3 is 0 Å². The summed E-state index contributed by atoms with van der Waals surface area (Å²) < 4.78 is 19.0. The molecule has 0 bridgehead atoms. The Morgan fingerprint density at radius 1 is 1.20 bits per heavy atom. The second kappa shape index (κ2) is 6.53. The second-order valence-electron chi connectivity index (χ2n) is 4.15. The molecule has 3 heteroatoms. The van der Waals surface area contributed by atoms with Gasteiger partial charge in [-0.2, -0.15) is 5.26 Å². The van der Waals surface area contributed by atoms with Gasteiger partial charge in [0.15, 0.2) is 0 Å². The van der Waals surface area contributed by atoms with Gasteiger partial charge in [0.05, 0.1) is 18.2 Å². The summed E-state index contributed by atoms with van der Waals surface area (Å²) in [7, 11) is 0. The quantitative estimate of drug-likeness (QED) is 0.611. The maximum absolute atomic E-state index is 13.7. The number of benzene rings is 2. The highest BCUT2D eigenvalue weighted by Crippen LogP contribution is 2.21. The average Bonchev–Trinajstić information content (AvgIpc) is 2.48. The van der Waals surface area contributed by atoms with Gasteiger partial charge in [-0.1, -0.05) is 30.3 Å². The number of rotatable bonds is 4. The van der Waals surface area contributed by atoms with Crippen LogP contribution in [0.5, 0.6) is 5.75 Å². The Balaban J connectivity index is 2.32. The Bertz CT molecular complexity index is 653. The molecule has 0 atom stereocenters. The van der Waals surface area contributed by atoms with Crippen molar-refractivity contribution in [3.63, 3.8) is 0 Å². The van der Waals surface area contributed by atoms with Crippen LogP contribution in [0.2, 0.25) is 0 Å². The molecule has 0 spiro atoms. The van der Waals surface area contributed by atoms with Gasteiger partial charge in [0.1, 0.15) is 11.6 Å². The first kappa shape index (κ1) is 13.8. The van der Waals surface area contributed by atoms with Crippen molar-refractivity contribution in [1.82, 2.24) is 0 Å². The lowest BCUT2D eigenvalue weighted by molar-refractivity contribution is 0.340. The summed E-state index contributed by atoms with van der Waals surface area (Å²) in [4.78, 5) is 0. The summed E-state index contributed by atoms with van der Waals surface area (Å²) in [5.41, 5.74) is 1.43. The molecule has 2 aromatic carbocycles. The third kappa shape index (κ3) is 3.24. The minimum Gasteiger partial charge on any atom is -0.494 e. The molecule has 0 aliphatic rings. The van der Waals surface area contributed by atoms with Gasteiger partial charge in [0, 0.05) is 5.56 Å². The Hall–Kier alpha value is -2.60. The molecule has 0 saturated carbocycles. The molecule has 2 rings (SSSR count). The summed E-state index contributed by atoms with van der Waals surface area (Å²) >= 11 is 0. The van der Waals surface area contributed by atoms with Crippen molar-refractivity contribution >= 4 is 11.6 Å². The summed E-state index contributed by atoms with van der Waals surface area (Å²) in [6.07, 6.45) is 1.66. The Labute approximate surface area is 117 Å². The smallest absolute Gasteiger partial charge is 0.131 e. The van der Waals surface area contributed by atoms with Crippen LogP contribution in [0.25, 0.3) is 11.6 Å². The number of nitriles is 1. The predicted octanol–water partition coefficient (Wildman–Crippen LogP) is 4.29. The van der Waals surface area contributed by atoms with E-state index in [9.17, 15) is 9.65 Å². The third-order valence-electron chi connectivity index (χ3n) is 2.79. The number of hydrogen-bond donors (Lipinski definition) is 0. The molecule has 0 unspecified atom stereocenters. The zero-order chi connectivity index (χ0) is 14.4. The number of halogens is 1. The molecule has 0 aliphatic heterocycles. The van der Waals surface area contributed by atoms with E-state index in [4.69, 9.17) is 4.74 Å². The lowest BCUT2D eigenvalue weighted by atomic mass is 10.0. The Morgan fingerprint density at radius 3 is 2.50 bits per heavy atom. The van der Waals surface area contributed by atoms with Crippen molar-refractivity contribution in [3.8, 4) is 11.8 Å². The van der Waals surface area contributed by atoms with E-state index in [0.29, 0.717) is 17.7 Å². The van der Waals surface area contributed by atoms with Crippen LogP contribution >= 0.6 is 0 Å². The molecule has 2 aromatic rings. The van der Waals surface area contributed by atoms with E-state index in [2.05, 4.69) is 0 Å². The molecule has 0 fully saturated rings. The first-order valence-electron chi connectivity index (χ1n) is 6.34. The van der Waals surface area contributed by atoms with E-state index in [1.807, 2.05) is 37.3 Å². The highest BCUT2D eigenvalue weighted by atomic mass is 19.1. The average molecular weight is 267 g/mol. The van der Waals surface area contributed by atoms with E-state index in [1.54, 1.807) is 24.3 Å². The van der Waals surface area contributed by atoms with Crippen molar-refractivity contribution in [2.75, 3.05) is 6.61 Å². The minimum atomic E-state index is -0.397. The molecule has 0 aliphatic carbocycles. The molecule has 0 heterocycles. The van der Waals surface area contributed by atoms with Crippen molar-refractivity contribution < 1.29 is 9.13 Å². The molecular weight excluding hydrogens is 253 g/mol. The van der Waals surface area contributed by atoms with Crippen molar-refractivity contribution in [2.45, 2.75) is 6.92 Å². The monoisotopic (exact) mass is 267 g/mol. The van der Waals surface area contributed by atoms with Gasteiger partial charge in [-0.15, -0.1) is 0 Å². The maximum atomic E-state index is 13.7. The summed E-state index contributed by atoms with van der Waals surface area (Å²) in [5.74, 6) is 0.375. The molecule has 0 saturated heterocycles. The molecule has 0 radical (unpaired) electrons. The third-order valence-corrected chi connectivity index (χ3v) is 2.79. The lowest BCUT2D eigenvalue weighted by Gasteiger charge is -2.04. The minimum absolute atomic E-state index is 0.298. The van der Waals surface area contributed by atoms with Crippen LogP contribution < -0.4 is 4.74 Å². The van der Waals surface area contributed by atoms with Crippen LogP contribution in [0.15, 0.2) is 48.5 Å². The number of allylic oxidation sites excluding steroid dienone is 1. The summed E-state index contributed by atoms with van der Waals surface area (Å²) in [6.45, 7) is 2.52. The molecule has 2 nitrogen and oxygen atoms in total. The standard InChI is InChI=1S/C17H14FNO/c1-2-20-15-9-7-13(8-10-15)11-14(12-19)16-5-3-4-6-17(16)18/h3-11H,2H2,1H3/b14-11-. The van der Waals surface area contributed by atoms with E-state index >= 15 is 0 Å². The number of hydrogen-bond acceptors (Lipinski definition) is 2. The highest BCUT2D eigenvalue weighted by Gasteiger charge is 2.06. The van der Waals surface area contributed by atoms with Gasteiger partial charge in [-0.3, -0.25) is 0 Å². The second-order valence-corrected chi connectivity index (χ2v) is 4.15. The predicted molar refractivity (Wildman–Crippen MR) is 77.5 cm³/mol. The van der Waals surface area contributed by atoms with Gasteiger partial charge in [-0.25, -0.2) is 4.39 Å². The summed E-state index contributed by atoms with van der Waals surface area (Å²) in [6, 6.07) is 15.6. The molecule has 0 N–H and O–H groups in total. The zero-order valence-corrected chi connectivity index (χ0v) is 11.1. The zero-order valence-electron chi connectivity index (χ0n) is 11.1. The Kier molecular flexibility index (Phi) is 4.52. The van der Waals surface area contributed by atoms with Crippen LogP contribution in [0.4, 0.5) is 4.39 Å². The summed E-state index contributed by atoms with van der Waals surface area (Å²) in [5, 5.41) is 9.19. The van der Waals surface area contributed by atoms with Crippen molar-refractivity contribution in [3.05, 3.63) is 65.5 Å². The molecular formula is C17H14FNO. The van der Waals surface area contributed by atoms with E-state index in [0.717, 1.165) is 11.3 Å². The first-order valence-corrected chi connectivity index (χ1v) is 6.34. The molecule has 0 aromatic heterocycles.